The fraction of sp³-hybridized carbons (Fsp3) is 0.130. The Morgan fingerprint density at radius 3 is 2.07 bits per heavy atom. The van der Waals surface area contributed by atoms with Gasteiger partial charge in [-0.1, -0.05) is 54.1 Å². The quantitative estimate of drug-likeness (QED) is 0.582. The van der Waals surface area contributed by atoms with E-state index in [1.807, 2.05) is 6.07 Å². The first-order chi connectivity index (χ1) is 14.6. The molecule has 0 aromatic heterocycles. The number of anilines is 2. The number of hydrogen-bond donors (Lipinski definition) is 0. The number of hydrogen-bond acceptors (Lipinski definition) is 4. The molecule has 7 heteroatoms. The van der Waals surface area contributed by atoms with Gasteiger partial charge in [0.1, 0.15) is 17.8 Å². The Hall–Kier alpha value is -3.22. The SMILES string of the molecule is O=C1[C@@H]2[C@@H](ON(c3ccccc3)[C@H]2c2c(F)cccc2Cl)C(=O)N1c1ccccc1. The lowest BCUT2D eigenvalue weighted by Gasteiger charge is -2.29. The summed E-state index contributed by atoms with van der Waals surface area (Å²) in [6, 6.07) is 21.1. The summed E-state index contributed by atoms with van der Waals surface area (Å²) in [6.45, 7) is 0. The van der Waals surface area contributed by atoms with Crippen LogP contribution in [-0.2, 0) is 14.4 Å². The average molecular weight is 423 g/mol. The van der Waals surface area contributed by atoms with Crippen molar-refractivity contribution < 1.29 is 18.8 Å². The fourth-order valence-electron chi connectivity index (χ4n) is 4.13. The lowest BCUT2D eigenvalue weighted by atomic mass is 9.90. The van der Waals surface area contributed by atoms with E-state index in [0.717, 1.165) is 4.90 Å². The Morgan fingerprint density at radius 2 is 1.43 bits per heavy atom. The van der Waals surface area contributed by atoms with Crippen molar-refractivity contribution in [2.45, 2.75) is 12.1 Å². The molecule has 0 aliphatic carbocycles. The number of carbonyl (C=O) groups excluding carboxylic acids is 2. The zero-order chi connectivity index (χ0) is 20.8. The minimum absolute atomic E-state index is 0.131. The molecule has 0 unspecified atom stereocenters. The van der Waals surface area contributed by atoms with Gasteiger partial charge in [-0.2, -0.15) is 0 Å². The van der Waals surface area contributed by atoms with Crippen LogP contribution in [0.1, 0.15) is 11.6 Å². The van der Waals surface area contributed by atoms with E-state index in [9.17, 15) is 14.0 Å². The molecule has 30 heavy (non-hydrogen) atoms. The molecule has 0 saturated carbocycles. The average Bonchev–Trinajstić information content (AvgIpc) is 3.26. The highest BCUT2D eigenvalue weighted by atomic mass is 35.5. The zero-order valence-electron chi connectivity index (χ0n) is 15.6. The molecule has 2 amide bonds. The number of nitrogens with zero attached hydrogens (tertiary/aromatic N) is 2. The molecule has 0 bridgehead atoms. The van der Waals surface area contributed by atoms with Gasteiger partial charge in [-0.15, -0.1) is 0 Å². The molecule has 150 valence electrons. The monoisotopic (exact) mass is 422 g/mol. The van der Waals surface area contributed by atoms with Gasteiger partial charge in [0.15, 0.2) is 6.10 Å². The van der Waals surface area contributed by atoms with Gasteiger partial charge < -0.3 is 0 Å². The van der Waals surface area contributed by atoms with Crippen molar-refractivity contribution in [2.24, 2.45) is 5.92 Å². The summed E-state index contributed by atoms with van der Waals surface area (Å²) in [5.74, 6) is -2.42. The van der Waals surface area contributed by atoms with Crippen molar-refractivity contribution in [3.63, 3.8) is 0 Å². The maximum Gasteiger partial charge on any atom is 0.266 e. The number of rotatable bonds is 3. The van der Waals surface area contributed by atoms with Crippen LogP contribution >= 0.6 is 11.6 Å². The van der Waals surface area contributed by atoms with Gasteiger partial charge in [0.2, 0.25) is 5.91 Å². The first-order valence-electron chi connectivity index (χ1n) is 9.46. The topological polar surface area (TPSA) is 49.9 Å². The molecule has 2 aliphatic rings. The van der Waals surface area contributed by atoms with Crippen LogP contribution in [0.4, 0.5) is 15.8 Å². The van der Waals surface area contributed by atoms with Gasteiger partial charge in [-0.05, 0) is 36.4 Å². The van der Waals surface area contributed by atoms with Gasteiger partial charge in [-0.3, -0.25) is 14.4 Å². The lowest BCUT2D eigenvalue weighted by Crippen LogP contribution is -2.37. The van der Waals surface area contributed by atoms with E-state index in [1.54, 1.807) is 60.7 Å². The highest BCUT2D eigenvalue weighted by Gasteiger charge is 2.61. The van der Waals surface area contributed by atoms with Crippen molar-refractivity contribution in [1.29, 1.82) is 0 Å². The smallest absolute Gasteiger partial charge is 0.266 e. The Kier molecular flexibility index (Phi) is 4.53. The Balaban J connectivity index is 1.64. The number of benzene rings is 3. The summed E-state index contributed by atoms with van der Waals surface area (Å²) in [5, 5.41) is 1.60. The molecule has 2 heterocycles. The predicted molar refractivity (Wildman–Crippen MR) is 110 cm³/mol. The molecule has 3 atom stereocenters. The third kappa shape index (κ3) is 2.80. The van der Waals surface area contributed by atoms with Crippen LogP contribution in [-0.4, -0.2) is 17.9 Å². The van der Waals surface area contributed by atoms with Crippen molar-refractivity contribution in [1.82, 2.24) is 0 Å². The third-order valence-electron chi connectivity index (χ3n) is 5.44. The molecular weight excluding hydrogens is 407 g/mol. The first-order valence-corrected chi connectivity index (χ1v) is 9.83. The Bertz CT molecular complexity index is 1110. The summed E-state index contributed by atoms with van der Waals surface area (Å²) in [4.78, 5) is 33.7. The van der Waals surface area contributed by atoms with Gasteiger partial charge in [0.05, 0.1) is 11.4 Å². The zero-order valence-corrected chi connectivity index (χ0v) is 16.4. The number of halogens is 2. The van der Waals surface area contributed by atoms with E-state index in [0.29, 0.717) is 11.4 Å². The van der Waals surface area contributed by atoms with E-state index >= 15 is 0 Å². The molecule has 0 radical (unpaired) electrons. The minimum atomic E-state index is -1.07. The molecule has 0 spiro atoms. The Morgan fingerprint density at radius 1 is 0.800 bits per heavy atom. The van der Waals surface area contributed by atoms with Crippen LogP contribution in [0.5, 0.6) is 0 Å². The Labute approximate surface area is 177 Å². The second-order valence-electron chi connectivity index (χ2n) is 7.14. The van der Waals surface area contributed by atoms with Crippen LogP contribution in [0.3, 0.4) is 0 Å². The maximum atomic E-state index is 14.9. The van der Waals surface area contributed by atoms with Gasteiger partial charge >= 0.3 is 0 Å². The van der Waals surface area contributed by atoms with Crippen molar-refractivity contribution in [3.8, 4) is 0 Å². The van der Waals surface area contributed by atoms with Crippen molar-refractivity contribution in [2.75, 3.05) is 9.96 Å². The van der Waals surface area contributed by atoms with Crippen LogP contribution in [0.15, 0.2) is 78.9 Å². The van der Waals surface area contributed by atoms with E-state index in [4.69, 9.17) is 16.4 Å². The number of carbonyl (C=O) groups is 2. The summed E-state index contributed by atoms with van der Waals surface area (Å²) in [7, 11) is 0. The molecule has 5 rings (SSSR count). The van der Waals surface area contributed by atoms with E-state index < -0.39 is 35.7 Å². The predicted octanol–water partition coefficient (Wildman–Crippen LogP) is 4.53. The molecular formula is C23H16ClFN2O3. The number of imide groups is 1. The fourth-order valence-corrected chi connectivity index (χ4v) is 4.41. The lowest BCUT2D eigenvalue weighted by molar-refractivity contribution is -0.126. The number of amides is 2. The number of hydroxylamine groups is 1. The second-order valence-corrected chi connectivity index (χ2v) is 7.55. The third-order valence-corrected chi connectivity index (χ3v) is 5.77. The van der Waals surface area contributed by atoms with Crippen LogP contribution in [0.2, 0.25) is 5.02 Å². The van der Waals surface area contributed by atoms with Crippen LogP contribution in [0.25, 0.3) is 0 Å². The molecule has 0 N–H and O–H groups in total. The van der Waals surface area contributed by atoms with Gasteiger partial charge in [-0.25, -0.2) is 14.4 Å². The largest absolute Gasteiger partial charge is 0.273 e. The molecule has 3 aromatic rings. The first kappa shape index (κ1) is 18.8. The molecule has 3 aromatic carbocycles. The highest BCUT2D eigenvalue weighted by molar-refractivity contribution is 6.31. The van der Waals surface area contributed by atoms with E-state index in [-0.39, 0.29) is 10.6 Å². The molecule has 2 aliphatic heterocycles. The summed E-state index contributed by atoms with van der Waals surface area (Å²) >= 11 is 6.36. The molecule has 5 nitrogen and oxygen atoms in total. The number of para-hydroxylation sites is 2. The minimum Gasteiger partial charge on any atom is -0.273 e. The molecule has 2 fully saturated rings. The van der Waals surface area contributed by atoms with Crippen LogP contribution < -0.4 is 9.96 Å². The summed E-state index contributed by atoms with van der Waals surface area (Å²) in [5.41, 5.74) is 1.19. The molecule has 2 saturated heterocycles. The van der Waals surface area contributed by atoms with Crippen LogP contribution in [0, 0.1) is 11.7 Å². The number of fused-ring (bicyclic) bond motifs is 1. The second kappa shape index (κ2) is 7.23. The van der Waals surface area contributed by atoms with Gasteiger partial charge in [0.25, 0.3) is 5.91 Å². The maximum absolute atomic E-state index is 14.9. The summed E-state index contributed by atoms with van der Waals surface area (Å²) in [6.07, 6.45) is -1.07. The van der Waals surface area contributed by atoms with Crippen molar-refractivity contribution in [3.05, 3.63) is 95.3 Å². The normalized spacial score (nSPS) is 23.2. The highest BCUT2D eigenvalue weighted by Crippen LogP contribution is 2.49. The summed E-state index contributed by atoms with van der Waals surface area (Å²) < 4.78 is 14.9. The van der Waals surface area contributed by atoms with E-state index in [1.165, 1.54) is 17.2 Å². The van der Waals surface area contributed by atoms with E-state index in [2.05, 4.69) is 0 Å². The van der Waals surface area contributed by atoms with Gasteiger partial charge in [0, 0.05) is 10.6 Å². The standard InChI is InChI=1S/C23H16ClFN2O3/c24-16-12-7-13-17(25)18(16)20-19-21(30-27(20)15-10-5-2-6-11-15)23(29)26(22(19)28)14-8-3-1-4-9-14/h1-13,19-21H/t19-,20-,21+/m0/s1. The van der Waals surface area contributed by atoms with Crippen molar-refractivity contribution >= 4 is 34.8 Å².